The van der Waals surface area contributed by atoms with Crippen molar-refractivity contribution < 1.29 is 55.2 Å². The van der Waals surface area contributed by atoms with Crippen molar-refractivity contribution in [2.75, 3.05) is 26.4 Å². The predicted octanol–water partition coefficient (Wildman–Crippen LogP) is 5.18. The second kappa shape index (κ2) is 11.3. The molecule has 0 aromatic heterocycles. The number of alkyl halides is 6. The standard InChI is InChI=1S/C29H32F6N2O6/c1-2-26(17-8-10-22-23(16-17)43-15-14-42-22)24(38)37(25(39)36-26)12-3-4-13-41-21-11-9-20(18-6-5-7-19(18)21)27(40,28(30,31)32)29(33,34)35/h8-11,17,40H,2-7,12-16H2,1H3,(H,36,39). The third kappa shape index (κ3) is 5.21. The number of imide groups is 1. The first kappa shape index (κ1) is 31.0. The van der Waals surface area contributed by atoms with E-state index in [0.29, 0.717) is 62.9 Å². The van der Waals surface area contributed by atoms with Crippen LogP contribution in [0.3, 0.4) is 0 Å². The van der Waals surface area contributed by atoms with Gasteiger partial charge in [-0.1, -0.05) is 19.1 Å². The highest BCUT2D eigenvalue weighted by molar-refractivity contribution is 6.07. The maximum atomic E-state index is 13.5. The average Bonchev–Trinajstić information content (AvgIpc) is 3.54. The highest BCUT2D eigenvalue weighted by atomic mass is 19.4. The quantitative estimate of drug-likeness (QED) is 0.225. The van der Waals surface area contributed by atoms with Gasteiger partial charge in [0, 0.05) is 24.4 Å². The molecule has 5 rings (SSSR count). The van der Waals surface area contributed by atoms with Gasteiger partial charge in [-0.15, -0.1) is 0 Å². The predicted molar refractivity (Wildman–Crippen MR) is 139 cm³/mol. The fraction of sp³-hybridized carbons (Fsp3) is 0.586. The Balaban J connectivity index is 1.20. The number of unbranched alkanes of at least 4 members (excludes halogenated alkanes) is 1. The van der Waals surface area contributed by atoms with Crippen molar-refractivity contribution in [2.45, 2.75) is 75.4 Å². The zero-order valence-corrected chi connectivity index (χ0v) is 23.4. The molecular formula is C29H32F6N2O6. The molecule has 2 aliphatic carbocycles. The summed E-state index contributed by atoms with van der Waals surface area (Å²) in [7, 11) is 0. The molecule has 0 saturated carbocycles. The van der Waals surface area contributed by atoms with Crippen molar-refractivity contribution in [2.24, 2.45) is 5.92 Å². The van der Waals surface area contributed by atoms with Gasteiger partial charge in [-0.05, 0) is 61.8 Å². The summed E-state index contributed by atoms with van der Waals surface area (Å²) in [5.41, 5.74) is -7.37. The topological polar surface area (TPSA) is 97.3 Å². The number of nitrogens with zero attached hydrogens (tertiary/aromatic N) is 1. The molecule has 2 atom stereocenters. The molecule has 4 aliphatic rings. The van der Waals surface area contributed by atoms with Crippen molar-refractivity contribution in [3.63, 3.8) is 0 Å². The Hall–Kier alpha value is -3.42. The van der Waals surface area contributed by atoms with E-state index in [1.54, 1.807) is 6.08 Å². The Labute approximate surface area is 243 Å². The molecule has 3 amide bonds. The van der Waals surface area contributed by atoms with Gasteiger partial charge in [0.15, 0.2) is 5.76 Å². The normalized spacial score (nSPS) is 24.0. The highest BCUT2D eigenvalue weighted by Gasteiger charge is 2.72. The minimum absolute atomic E-state index is 0.0524. The molecule has 1 aromatic carbocycles. The third-order valence-electron chi connectivity index (χ3n) is 8.66. The molecule has 2 heterocycles. The monoisotopic (exact) mass is 618 g/mol. The summed E-state index contributed by atoms with van der Waals surface area (Å²) in [6, 6.07) is 1.13. The van der Waals surface area contributed by atoms with Crippen LogP contribution in [-0.2, 0) is 32.7 Å². The van der Waals surface area contributed by atoms with Crippen molar-refractivity contribution in [3.05, 3.63) is 52.5 Å². The van der Waals surface area contributed by atoms with E-state index >= 15 is 0 Å². The van der Waals surface area contributed by atoms with Crippen LogP contribution in [0.5, 0.6) is 5.75 Å². The number of hydrogen-bond acceptors (Lipinski definition) is 6. The van der Waals surface area contributed by atoms with Gasteiger partial charge in [-0.25, -0.2) is 4.79 Å². The summed E-state index contributed by atoms with van der Waals surface area (Å²) in [6.45, 7) is 2.81. The molecule has 1 aromatic rings. The van der Waals surface area contributed by atoms with Crippen LogP contribution in [0.15, 0.2) is 35.8 Å². The van der Waals surface area contributed by atoms with E-state index in [1.807, 2.05) is 13.0 Å². The molecule has 0 bridgehead atoms. The first-order valence-corrected chi connectivity index (χ1v) is 14.2. The Morgan fingerprint density at radius 3 is 2.44 bits per heavy atom. The number of halogens is 6. The van der Waals surface area contributed by atoms with Crippen LogP contribution < -0.4 is 10.1 Å². The Morgan fingerprint density at radius 1 is 1.05 bits per heavy atom. The lowest BCUT2D eigenvalue weighted by Gasteiger charge is -2.36. The van der Waals surface area contributed by atoms with Crippen LogP contribution in [0.4, 0.5) is 31.1 Å². The number of urea groups is 1. The number of carbonyl (C=O) groups is 2. The van der Waals surface area contributed by atoms with E-state index in [2.05, 4.69) is 5.32 Å². The van der Waals surface area contributed by atoms with Crippen LogP contribution in [0, 0.1) is 5.92 Å². The number of allylic oxidation sites excluding steroid dienone is 2. The van der Waals surface area contributed by atoms with E-state index in [0.717, 1.165) is 11.0 Å². The molecule has 14 heteroatoms. The largest absolute Gasteiger partial charge is 0.493 e. The number of nitrogens with one attached hydrogen (secondary N) is 1. The van der Waals surface area contributed by atoms with Crippen LogP contribution >= 0.6 is 0 Å². The number of ether oxygens (including phenoxy) is 3. The Bertz CT molecular complexity index is 1330. The number of carbonyl (C=O) groups excluding carboxylic acids is 2. The lowest BCUT2D eigenvalue weighted by Crippen LogP contribution is -2.54. The maximum absolute atomic E-state index is 13.5. The van der Waals surface area contributed by atoms with E-state index < -0.39 is 35.1 Å². The van der Waals surface area contributed by atoms with Gasteiger partial charge in [-0.3, -0.25) is 9.69 Å². The first-order valence-electron chi connectivity index (χ1n) is 14.2. The van der Waals surface area contributed by atoms with Gasteiger partial charge in [0.05, 0.1) is 6.61 Å². The molecule has 43 heavy (non-hydrogen) atoms. The first-order chi connectivity index (χ1) is 20.2. The second-order valence-electron chi connectivity index (χ2n) is 11.0. The number of aliphatic hydroxyl groups is 1. The molecule has 236 valence electrons. The van der Waals surface area contributed by atoms with Gasteiger partial charge in [0.1, 0.15) is 30.3 Å². The fourth-order valence-electron chi connectivity index (χ4n) is 6.35. The number of hydrogen-bond donors (Lipinski definition) is 2. The van der Waals surface area contributed by atoms with Gasteiger partial charge in [0.25, 0.3) is 11.5 Å². The van der Waals surface area contributed by atoms with Crippen LogP contribution in [0.25, 0.3) is 0 Å². The second-order valence-corrected chi connectivity index (χ2v) is 11.0. The molecule has 2 unspecified atom stereocenters. The van der Waals surface area contributed by atoms with E-state index in [9.17, 15) is 41.0 Å². The number of amides is 3. The van der Waals surface area contributed by atoms with Gasteiger partial charge >= 0.3 is 18.4 Å². The van der Waals surface area contributed by atoms with Crippen LogP contribution in [0.2, 0.25) is 0 Å². The number of fused-ring (bicyclic) bond motifs is 1. The smallest absolute Gasteiger partial charge is 0.430 e. The van der Waals surface area contributed by atoms with E-state index in [-0.39, 0.29) is 54.7 Å². The summed E-state index contributed by atoms with van der Waals surface area (Å²) < 4.78 is 98.0. The Morgan fingerprint density at radius 2 is 1.74 bits per heavy atom. The van der Waals surface area contributed by atoms with Crippen molar-refractivity contribution in [3.8, 4) is 5.75 Å². The number of rotatable bonds is 9. The molecular weight excluding hydrogens is 586 g/mol. The molecule has 0 spiro atoms. The van der Waals surface area contributed by atoms with Crippen molar-refractivity contribution in [1.82, 2.24) is 10.2 Å². The summed E-state index contributed by atoms with van der Waals surface area (Å²) in [6.07, 6.45) is -6.40. The summed E-state index contributed by atoms with van der Waals surface area (Å²) >= 11 is 0. The van der Waals surface area contributed by atoms with Crippen molar-refractivity contribution in [1.29, 1.82) is 0 Å². The van der Waals surface area contributed by atoms with Gasteiger partial charge in [0.2, 0.25) is 0 Å². The van der Waals surface area contributed by atoms with Gasteiger partial charge < -0.3 is 24.6 Å². The molecule has 1 fully saturated rings. The van der Waals surface area contributed by atoms with Crippen molar-refractivity contribution >= 4 is 11.9 Å². The molecule has 2 aliphatic heterocycles. The van der Waals surface area contributed by atoms with Gasteiger partial charge in [-0.2, -0.15) is 26.3 Å². The lowest BCUT2D eigenvalue weighted by atomic mass is 9.77. The third-order valence-corrected chi connectivity index (χ3v) is 8.66. The SMILES string of the molecule is CCC1(C2C=CC3=C(C2)OCCO3)NC(=O)N(CCCCOc2ccc(C(O)(C(F)(F)F)C(F)(F)F)c3c2CCC3)C1=O. The average molecular weight is 619 g/mol. The highest BCUT2D eigenvalue weighted by Crippen LogP contribution is 2.53. The zero-order valence-electron chi connectivity index (χ0n) is 23.4. The molecule has 0 radical (unpaired) electrons. The molecule has 8 nitrogen and oxygen atoms in total. The summed E-state index contributed by atoms with van der Waals surface area (Å²) in [5.74, 6) is 0.727. The maximum Gasteiger partial charge on any atom is 0.430 e. The zero-order chi connectivity index (χ0) is 31.2. The lowest BCUT2D eigenvalue weighted by molar-refractivity contribution is -0.376. The molecule has 2 N–H and O–H groups in total. The van der Waals surface area contributed by atoms with Crippen LogP contribution in [0.1, 0.15) is 55.7 Å². The molecule has 1 saturated heterocycles. The van der Waals surface area contributed by atoms with E-state index in [4.69, 9.17) is 14.2 Å². The minimum atomic E-state index is -5.97. The number of benzene rings is 1. The minimum Gasteiger partial charge on any atom is -0.493 e. The van der Waals surface area contributed by atoms with Crippen LogP contribution in [-0.4, -0.2) is 66.2 Å². The van der Waals surface area contributed by atoms with E-state index in [1.165, 1.54) is 0 Å². The fourth-order valence-corrected chi connectivity index (χ4v) is 6.35. The Kier molecular flexibility index (Phi) is 8.12. The summed E-state index contributed by atoms with van der Waals surface area (Å²) in [4.78, 5) is 27.5. The summed E-state index contributed by atoms with van der Waals surface area (Å²) in [5, 5.41) is 12.8.